The average molecular weight is 254 g/mol. The lowest BCUT2D eigenvalue weighted by atomic mass is 10.1. The van der Waals surface area contributed by atoms with E-state index in [9.17, 15) is 0 Å². The van der Waals surface area contributed by atoms with Crippen molar-refractivity contribution < 1.29 is 0 Å². The van der Waals surface area contributed by atoms with Gasteiger partial charge in [0, 0.05) is 0 Å². The second-order valence-corrected chi connectivity index (χ2v) is 9.33. The van der Waals surface area contributed by atoms with Crippen molar-refractivity contribution in [3.63, 3.8) is 0 Å². The molecule has 2 heteroatoms. The first kappa shape index (κ1) is 13.6. The van der Waals surface area contributed by atoms with Crippen molar-refractivity contribution in [2.75, 3.05) is 18.3 Å². The first-order valence-corrected chi connectivity index (χ1v) is 9.14. The SMILES string of the molecule is C=CS(C)(C)CCc1cc([SH]=C)ccc1C. The summed E-state index contributed by atoms with van der Waals surface area (Å²) in [6.45, 7) is 6.12. The van der Waals surface area contributed by atoms with Gasteiger partial charge in [0.15, 0.2) is 0 Å². The van der Waals surface area contributed by atoms with Gasteiger partial charge in [0.05, 0.1) is 0 Å². The van der Waals surface area contributed by atoms with Gasteiger partial charge >= 0.3 is 0 Å². The molecule has 0 aliphatic heterocycles. The molecule has 0 unspecified atom stereocenters. The second kappa shape index (κ2) is 5.74. The normalized spacial score (nSPS) is 12.4. The molecule has 0 heterocycles. The summed E-state index contributed by atoms with van der Waals surface area (Å²) in [5.74, 6) is 5.14. The van der Waals surface area contributed by atoms with Gasteiger partial charge in [-0.15, -0.1) is 0 Å². The highest BCUT2D eigenvalue weighted by atomic mass is 32.3. The Morgan fingerprint density at radius 3 is 2.62 bits per heavy atom. The third kappa shape index (κ3) is 3.84. The molecule has 1 aromatic rings. The number of benzene rings is 1. The van der Waals surface area contributed by atoms with E-state index in [-0.39, 0.29) is 0 Å². The molecular weight excluding hydrogens is 232 g/mol. The van der Waals surface area contributed by atoms with Gasteiger partial charge in [-0.05, 0) is 59.8 Å². The van der Waals surface area contributed by atoms with Crippen LogP contribution in [0.25, 0.3) is 0 Å². The summed E-state index contributed by atoms with van der Waals surface area (Å²) in [4.78, 5) is 1.31. The largest absolute Gasteiger partial charge is 0.227 e. The Kier molecular flexibility index (Phi) is 4.88. The Bertz CT molecular complexity index is 392. The first-order valence-electron chi connectivity index (χ1n) is 5.38. The number of hydrogen-bond donors (Lipinski definition) is 1. The molecule has 1 aromatic carbocycles. The van der Waals surface area contributed by atoms with Crippen molar-refractivity contribution in [1.29, 1.82) is 0 Å². The van der Waals surface area contributed by atoms with E-state index in [1.807, 2.05) is 0 Å². The van der Waals surface area contributed by atoms with E-state index in [0.717, 1.165) is 17.8 Å². The van der Waals surface area contributed by atoms with Crippen molar-refractivity contribution in [2.24, 2.45) is 0 Å². The summed E-state index contributed by atoms with van der Waals surface area (Å²) >= 11 is 1.11. The molecule has 0 N–H and O–H groups in total. The van der Waals surface area contributed by atoms with E-state index in [4.69, 9.17) is 0 Å². The monoisotopic (exact) mass is 254 g/mol. The van der Waals surface area contributed by atoms with E-state index >= 15 is 0 Å². The number of rotatable bonds is 5. The molecule has 0 saturated heterocycles. The quantitative estimate of drug-likeness (QED) is 0.596. The maximum absolute atomic E-state index is 3.93. The molecule has 0 amide bonds. The standard InChI is InChI=1S/C14H22S2/c1-6-16(4,5)10-9-13-11-14(15-3)8-7-12(13)2/h6-8,11,15H,1,3,9-10H2,2,4-5H3. The van der Waals surface area contributed by atoms with Crippen LogP contribution in [-0.2, 0) is 6.42 Å². The Morgan fingerprint density at radius 2 is 2.06 bits per heavy atom. The van der Waals surface area contributed by atoms with Gasteiger partial charge in [-0.2, -0.15) is 11.4 Å². The van der Waals surface area contributed by atoms with Crippen LogP contribution < -0.4 is 0 Å². The topological polar surface area (TPSA) is 0 Å². The zero-order chi connectivity index (χ0) is 12.2. The van der Waals surface area contributed by atoms with Gasteiger partial charge in [-0.25, -0.2) is 10.0 Å². The Balaban J connectivity index is 2.80. The molecule has 0 atom stereocenters. The summed E-state index contributed by atoms with van der Waals surface area (Å²) in [7, 11) is -0.608. The minimum atomic E-state index is -0.608. The predicted octanol–water partition coefficient (Wildman–Crippen LogP) is 4.00. The van der Waals surface area contributed by atoms with E-state index < -0.39 is 10.0 Å². The van der Waals surface area contributed by atoms with E-state index in [0.29, 0.717) is 0 Å². The van der Waals surface area contributed by atoms with Gasteiger partial charge < -0.3 is 0 Å². The Morgan fingerprint density at radius 1 is 1.38 bits per heavy atom. The second-order valence-electron chi connectivity index (χ2n) is 4.51. The van der Waals surface area contributed by atoms with Gasteiger partial charge in [-0.3, -0.25) is 0 Å². The van der Waals surface area contributed by atoms with Crippen molar-refractivity contribution in [1.82, 2.24) is 0 Å². The lowest BCUT2D eigenvalue weighted by Gasteiger charge is -2.26. The molecule has 1 rings (SSSR count). The fourth-order valence-electron chi connectivity index (χ4n) is 1.48. The molecule has 0 saturated carbocycles. The van der Waals surface area contributed by atoms with Crippen LogP contribution in [0.3, 0.4) is 0 Å². The van der Waals surface area contributed by atoms with Gasteiger partial charge in [0.2, 0.25) is 0 Å². The van der Waals surface area contributed by atoms with Gasteiger partial charge in [0.1, 0.15) is 0 Å². The van der Waals surface area contributed by atoms with Crippen LogP contribution in [0.5, 0.6) is 0 Å². The highest BCUT2D eigenvalue weighted by molar-refractivity contribution is 8.35. The third-order valence-corrected chi connectivity index (χ3v) is 5.67. The Hall–Kier alpha value is -0.470. The molecule has 0 aliphatic carbocycles. The van der Waals surface area contributed by atoms with Crippen LogP contribution >= 0.6 is 21.4 Å². The first-order chi connectivity index (χ1) is 7.48. The summed E-state index contributed by atoms with van der Waals surface area (Å²) in [6, 6.07) is 6.67. The molecule has 0 aliphatic rings. The van der Waals surface area contributed by atoms with Crippen LogP contribution in [0.4, 0.5) is 0 Å². The van der Waals surface area contributed by atoms with Crippen LogP contribution in [0.2, 0.25) is 0 Å². The lowest BCUT2D eigenvalue weighted by molar-refractivity contribution is 1.10. The van der Waals surface area contributed by atoms with E-state index in [1.54, 1.807) is 0 Å². The summed E-state index contributed by atoms with van der Waals surface area (Å²) in [6.07, 6.45) is 5.79. The number of hydrogen-bond acceptors (Lipinski definition) is 0. The number of thiol groups is 1. The highest BCUT2D eigenvalue weighted by Crippen LogP contribution is 2.41. The van der Waals surface area contributed by atoms with E-state index in [1.165, 1.54) is 21.8 Å². The van der Waals surface area contributed by atoms with Gasteiger partial charge in [-0.1, -0.05) is 23.9 Å². The smallest absolute Gasteiger partial charge is 0.00143 e. The zero-order valence-electron chi connectivity index (χ0n) is 10.5. The van der Waals surface area contributed by atoms with Crippen LogP contribution in [0.15, 0.2) is 35.1 Å². The summed E-state index contributed by atoms with van der Waals surface area (Å²) < 4.78 is 0. The molecule has 0 fully saturated rings. The van der Waals surface area contributed by atoms with Crippen LogP contribution in [0.1, 0.15) is 11.1 Å². The summed E-state index contributed by atoms with van der Waals surface area (Å²) in [5.41, 5.74) is 2.86. The minimum Gasteiger partial charge on any atom is -0.227 e. The fraction of sp³-hybridized carbons (Fsp3) is 0.357. The average Bonchev–Trinajstić information content (AvgIpc) is 2.28. The maximum atomic E-state index is 3.93. The predicted molar refractivity (Wildman–Crippen MR) is 83.8 cm³/mol. The zero-order valence-corrected chi connectivity index (χ0v) is 12.2. The molecule has 0 aromatic heterocycles. The maximum Gasteiger partial charge on any atom is -0.00143 e. The highest BCUT2D eigenvalue weighted by Gasteiger charge is 2.08. The van der Waals surface area contributed by atoms with Crippen molar-refractivity contribution in [2.45, 2.75) is 18.2 Å². The van der Waals surface area contributed by atoms with Crippen LogP contribution in [-0.4, -0.2) is 24.1 Å². The minimum absolute atomic E-state index is 0.608. The lowest BCUT2D eigenvalue weighted by Crippen LogP contribution is -2.02. The molecular formula is C14H22S2. The molecule has 0 spiro atoms. The van der Waals surface area contributed by atoms with Gasteiger partial charge in [0.25, 0.3) is 0 Å². The molecule has 90 valence electrons. The fourth-order valence-corrected chi connectivity index (χ4v) is 2.82. The van der Waals surface area contributed by atoms with Crippen molar-refractivity contribution in [3.8, 4) is 0 Å². The van der Waals surface area contributed by atoms with Crippen LogP contribution in [0, 0.1) is 6.92 Å². The van der Waals surface area contributed by atoms with Crippen molar-refractivity contribution in [3.05, 3.63) is 41.3 Å². The molecule has 0 bridgehead atoms. The number of aryl methyl sites for hydroxylation is 2. The molecule has 0 radical (unpaired) electrons. The third-order valence-electron chi connectivity index (χ3n) is 2.86. The van der Waals surface area contributed by atoms with E-state index in [2.05, 4.69) is 55.5 Å². The molecule has 16 heavy (non-hydrogen) atoms. The Labute approximate surface area is 105 Å². The molecule has 0 nitrogen and oxygen atoms in total. The van der Waals surface area contributed by atoms with Crippen molar-refractivity contribution >= 4 is 27.2 Å². The summed E-state index contributed by atoms with van der Waals surface area (Å²) in [5, 5.41) is 2.13.